The fraction of sp³-hybridized carbons (Fsp3) is 0.600. The van der Waals surface area contributed by atoms with Gasteiger partial charge >= 0.3 is 0 Å². The second-order valence-electron chi connectivity index (χ2n) is 5.18. The molecule has 0 radical (unpaired) electrons. The molecule has 2 rings (SSSR count). The zero-order valence-electron chi connectivity index (χ0n) is 11.7. The van der Waals surface area contributed by atoms with Crippen molar-refractivity contribution in [3.63, 3.8) is 0 Å². The van der Waals surface area contributed by atoms with Crippen molar-refractivity contribution in [2.75, 3.05) is 31.6 Å². The molecule has 2 nitrogen and oxygen atoms in total. The van der Waals surface area contributed by atoms with Crippen molar-refractivity contribution in [2.45, 2.75) is 31.7 Å². The molecule has 4 heteroatoms. The molecular weight excluding hydrogens is 324 g/mol. The zero-order chi connectivity index (χ0) is 13.8. The van der Waals surface area contributed by atoms with Crippen molar-refractivity contribution in [3.05, 3.63) is 28.2 Å². The second kappa shape index (κ2) is 6.96. The molecule has 1 fully saturated rings. The van der Waals surface area contributed by atoms with Gasteiger partial charge in [-0.25, -0.2) is 0 Å². The van der Waals surface area contributed by atoms with E-state index in [0.29, 0.717) is 11.9 Å². The van der Waals surface area contributed by atoms with E-state index in [9.17, 15) is 0 Å². The van der Waals surface area contributed by atoms with Gasteiger partial charge in [0.25, 0.3) is 0 Å². The smallest absolute Gasteiger partial charge is 0.0494 e. The third-order valence-corrected chi connectivity index (χ3v) is 4.90. The topological polar surface area (TPSA) is 6.48 Å². The van der Waals surface area contributed by atoms with Crippen LogP contribution in [0, 0.1) is 0 Å². The number of benzene rings is 1. The van der Waals surface area contributed by atoms with E-state index in [1.807, 2.05) is 0 Å². The fourth-order valence-corrected chi connectivity index (χ4v) is 3.45. The highest BCUT2D eigenvalue weighted by atomic mass is 79.9. The van der Waals surface area contributed by atoms with Crippen LogP contribution in [0.2, 0.25) is 0 Å². The summed E-state index contributed by atoms with van der Waals surface area (Å²) in [6.07, 6.45) is 2.48. The third-order valence-electron chi connectivity index (χ3n) is 4.12. The predicted octanol–water partition coefficient (Wildman–Crippen LogP) is 4.11. The van der Waals surface area contributed by atoms with Crippen molar-refractivity contribution in [1.82, 2.24) is 4.90 Å². The molecule has 1 aromatic rings. The van der Waals surface area contributed by atoms with Gasteiger partial charge in [-0.3, -0.25) is 0 Å². The first-order valence-corrected chi connectivity index (χ1v) is 8.28. The van der Waals surface area contributed by atoms with Gasteiger partial charge in [0.2, 0.25) is 0 Å². The lowest BCUT2D eigenvalue weighted by molar-refractivity contribution is 0.221. The molecule has 1 aromatic carbocycles. The standard InChI is InChI=1S/C15H22BrClN2/c1-3-19-8-6-14(7-9-19)18(2)15-5-4-13(16)10-12(15)11-17/h4-5,10,14H,3,6-9,11H2,1-2H3. The second-order valence-corrected chi connectivity index (χ2v) is 6.37. The Balaban J connectivity index is 2.09. The summed E-state index contributed by atoms with van der Waals surface area (Å²) in [5.74, 6) is 0.562. The van der Waals surface area contributed by atoms with E-state index < -0.39 is 0 Å². The summed E-state index contributed by atoms with van der Waals surface area (Å²) in [7, 11) is 2.20. The largest absolute Gasteiger partial charge is 0.371 e. The first-order valence-electron chi connectivity index (χ1n) is 6.95. The van der Waals surface area contributed by atoms with Crippen molar-refractivity contribution >= 4 is 33.2 Å². The van der Waals surface area contributed by atoms with Crippen LogP contribution in [0.4, 0.5) is 5.69 Å². The van der Waals surface area contributed by atoms with Crippen LogP contribution in [-0.4, -0.2) is 37.6 Å². The number of hydrogen-bond acceptors (Lipinski definition) is 2. The molecule has 0 amide bonds. The Morgan fingerprint density at radius 3 is 2.63 bits per heavy atom. The zero-order valence-corrected chi connectivity index (χ0v) is 14.0. The van der Waals surface area contributed by atoms with E-state index in [2.05, 4.69) is 57.9 Å². The molecule has 0 atom stereocenters. The van der Waals surface area contributed by atoms with E-state index in [4.69, 9.17) is 11.6 Å². The molecule has 0 bridgehead atoms. The average Bonchev–Trinajstić information content (AvgIpc) is 2.46. The highest BCUT2D eigenvalue weighted by Gasteiger charge is 2.22. The first kappa shape index (κ1) is 15.1. The van der Waals surface area contributed by atoms with Crippen LogP contribution in [0.3, 0.4) is 0 Å². The molecule has 0 spiro atoms. The number of rotatable bonds is 4. The number of piperidine rings is 1. The van der Waals surface area contributed by atoms with Gasteiger partial charge in [0.1, 0.15) is 0 Å². The van der Waals surface area contributed by atoms with Crippen molar-refractivity contribution < 1.29 is 0 Å². The summed E-state index contributed by atoms with van der Waals surface area (Å²) in [6, 6.07) is 7.03. The summed E-state index contributed by atoms with van der Waals surface area (Å²) in [6.45, 7) is 5.82. The molecule has 0 unspecified atom stereocenters. The van der Waals surface area contributed by atoms with Crippen LogP contribution in [-0.2, 0) is 5.88 Å². The maximum absolute atomic E-state index is 6.08. The van der Waals surface area contributed by atoms with E-state index in [1.165, 1.54) is 43.7 Å². The number of anilines is 1. The molecular formula is C15H22BrClN2. The minimum Gasteiger partial charge on any atom is -0.371 e. The van der Waals surface area contributed by atoms with E-state index in [0.717, 1.165) is 4.47 Å². The van der Waals surface area contributed by atoms with Crippen LogP contribution < -0.4 is 4.90 Å². The molecule has 1 saturated heterocycles. The number of hydrogen-bond donors (Lipinski definition) is 0. The van der Waals surface area contributed by atoms with Crippen molar-refractivity contribution in [1.29, 1.82) is 0 Å². The van der Waals surface area contributed by atoms with E-state index in [1.54, 1.807) is 0 Å². The maximum atomic E-state index is 6.08. The van der Waals surface area contributed by atoms with Gasteiger partial charge in [-0.05, 0) is 43.1 Å². The summed E-state index contributed by atoms with van der Waals surface area (Å²) >= 11 is 9.59. The SMILES string of the molecule is CCN1CCC(N(C)c2ccc(Br)cc2CCl)CC1. The number of alkyl halides is 1. The molecule has 1 aliphatic heterocycles. The summed E-state index contributed by atoms with van der Waals surface area (Å²) in [4.78, 5) is 4.94. The Kier molecular flexibility index (Phi) is 5.55. The molecule has 0 aliphatic carbocycles. The minimum absolute atomic E-state index is 0.562. The van der Waals surface area contributed by atoms with Gasteiger partial charge < -0.3 is 9.80 Å². The predicted molar refractivity (Wildman–Crippen MR) is 87.2 cm³/mol. The minimum atomic E-state index is 0.562. The molecule has 1 heterocycles. The van der Waals surface area contributed by atoms with Gasteiger partial charge in [-0.2, -0.15) is 0 Å². The van der Waals surface area contributed by atoms with Gasteiger partial charge in [-0.15, -0.1) is 11.6 Å². The maximum Gasteiger partial charge on any atom is 0.0494 e. The lowest BCUT2D eigenvalue weighted by Crippen LogP contribution is -2.43. The fourth-order valence-electron chi connectivity index (χ4n) is 2.82. The van der Waals surface area contributed by atoms with Gasteiger partial charge in [0, 0.05) is 42.2 Å². The summed E-state index contributed by atoms with van der Waals surface area (Å²) in [5.41, 5.74) is 2.48. The number of likely N-dealkylation sites (tertiary alicyclic amines) is 1. The number of nitrogens with zero attached hydrogens (tertiary/aromatic N) is 2. The van der Waals surface area contributed by atoms with Crippen LogP contribution in [0.25, 0.3) is 0 Å². The summed E-state index contributed by atoms with van der Waals surface area (Å²) in [5, 5.41) is 0. The third kappa shape index (κ3) is 3.65. The molecule has 0 saturated carbocycles. The van der Waals surface area contributed by atoms with E-state index in [-0.39, 0.29) is 0 Å². The Labute approximate surface area is 129 Å². The molecule has 0 aromatic heterocycles. The monoisotopic (exact) mass is 344 g/mol. The Morgan fingerprint density at radius 2 is 2.05 bits per heavy atom. The normalized spacial score (nSPS) is 17.7. The summed E-state index contributed by atoms with van der Waals surface area (Å²) < 4.78 is 1.10. The Morgan fingerprint density at radius 1 is 1.37 bits per heavy atom. The first-order chi connectivity index (χ1) is 9.15. The lowest BCUT2D eigenvalue weighted by atomic mass is 10.0. The van der Waals surface area contributed by atoms with Crippen LogP contribution in [0.1, 0.15) is 25.3 Å². The highest BCUT2D eigenvalue weighted by Crippen LogP contribution is 2.29. The molecule has 106 valence electrons. The van der Waals surface area contributed by atoms with Gasteiger partial charge in [-0.1, -0.05) is 22.9 Å². The van der Waals surface area contributed by atoms with Crippen molar-refractivity contribution in [3.8, 4) is 0 Å². The van der Waals surface area contributed by atoms with Gasteiger partial charge in [0.15, 0.2) is 0 Å². The Hall–Kier alpha value is -0.250. The average molecular weight is 346 g/mol. The molecule has 1 aliphatic rings. The van der Waals surface area contributed by atoms with Crippen LogP contribution in [0.15, 0.2) is 22.7 Å². The quantitative estimate of drug-likeness (QED) is 0.758. The van der Waals surface area contributed by atoms with E-state index >= 15 is 0 Å². The van der Waals surface area contributed by atoms with Crippen LogP contribution in [0.5, 0.6) is 0 Å². The van der Waals surface area contributed by atoms with Gasteiger partial charge in [0.05, 0.1) is 0 Å². The highest BCUT2D eigenvalue weighted by molar-refractivity contribution is 9.10. The van der Waals surface area contributed by atoms with Crippen LogP contribution >= 0.6 is 27.5 Å². The molecule has 0 N–H and O–H groups in total. The lowest BCUT2D eigenvalue weighted by Gasteiger charge is -2.38. The molecule has 19 heavy (non-hydrogen) atoms. The van der Waals surface area contributed by atoms with Crippen molar-refractivity contribution in [2.24, 2.45) is 0 Å². The number of halogens is 2. The Bertz CT molecular complexity index is 417.